The average Bonchev–Trinajstić information content (AvgIpc) is 2.92. The first-order chi connectivity index (χ1) is 10.3. The van der Waals surface area contributed by atoms with E-state index in [2.05, 4.69) is 0 Å². The van der Waals surface area contributed by atoms with E-state index >= 15 is 0 Å². The smallest absolute Gasteiger partial charge is 0.249 e. The molecule has 0 spiro atoms. The quantitative estimate of drug-likeness (QED) is 0.873. The van der Waals surface area contributed by atoms with Crippen molar-refractivity contribution in [1.82, 2.24) is 0 Å². The highest BCUT2D eigenvalue weighted by Gasteiger charge is 2.19. The molecule has 4 heteroatoms. The predicted molar refractivity (Wildman–Crippen MR) is 82.7 cm³/mol. The lowest BCUT2D eigenvalue weighted by Crippen LogP contribution is -2.16. The minimum atomic E-state index is -0.362. The molecule has 21 heavy (non-hydrogen) atoms. The molecule has 1 aliphatic heterocycles. The van der Waals surface area contributed by atoms with Crippen molar-refractivity contribution in [3.8, 4) is 0 Å². The van der Waals surface area contributed by atoms with Crippen LogP contribution in [0.5, 0.6) is 0 Å². The van der Waals surface area contributed by atoms with Gasteiger partial charge in [-0.3, -0.25) is 4.79 Å². The molecule has 4 rings (SSSR count). The Morgan fingerprint density at radius 1 is 0.952 bits per heavy atom. The molecule has 4 nitrogen and oxygen atoms in total. The normalized spacial score (nSPS) is 16.1. The fourth-order valence-electron chi connectivity index (χ4n) is 2.59. The Labute approximate surface area is 123 Å². The number of primary amides is 1. The number of benzene rings is 2. The maximum atomic E-state index is 11.3. The summed E-state index contributed by atoms with van der Waals surface area (Å²) in [6.07, 6.45) is 1.86. The van der Waals surface area contributed by atoms with Crippen LogP contribution in [0.3, 0.4) is 0 Å². The number of amides is 1. The Morgan fingerprint density at radius 3 is 2.14 bits per heavy atom. The summed E-state index contributed by atoms with van der Waals surface area (Å²) in [7, 11) is 0. The third-order valence-electron chi connectivity index (χ3n) is 3.54. The van der Waals surface area contributed by atoms with Crippen LogP contribution in [0.2, 0.25) is 0 Å². The maximum absolute atomic E-state index is 11.3. The minimum Gasteiger partial charge on any atom is -0.377 e. The van der Waals surface area contributed by atoms with E-state index in [-0.39, 0.29) is 5.91 Å². The van der Waals surface area contributed by atoms with Crippen molar-refractivity contribution in [2.45, 2.75) is 0 Å². The zero-order valence-electron chi connectivity index (χ0n) is 11.7. The molecule has 1 heterocycles. The highest BCUT2D eigenvalue weighted by molar-refractivity contribution is 6.30. The minimum absolute atomic E-state index is 0.362. The van der Waals surface area contributed by atoms with E-state index in [1.54, 1.807) is 0 Å². The Balaban J connectivity index is 0.000000186. The molecule has 2 aliphatic rings. The molecule has 0 atom stereocenters. The van der Waals surface area contributed by atoms with Gasteiger partial charge in [-0.05, 0) is 28.0 Å². The first-order valence-corrected chi connectivity index (χ1v) is 6.96. The van der Waals surface area contributed by atoms with Crippen LogP contribution >= 0.6 is 0 Å². The van der Waals surface area contributed by atoms with Crippen molar-refractivity contribution >= 4 is 28.3 Å². The van der Waals surface area contributed by atoms with Gasteiger partial charge in [0, 0.05) is 5.57 Å². The summed E-state index contributed by atoms with van der Waals surface area (Å²) in [6.45, 7) is 3.11. The Kier molecular flexibility index (Phi) is 3.99. The van der Waals surface area contributed by atoms with E-state index in [1.807, 2.05) is 42.5 Å². The molecule has 1 fully saturated rings. The fourth-order valence-corrected chi connectivity index (χ4v) is 2.59. The zero-order valence-corrected chi connectivity index (χ0v) is 11.7. The first kappa shape index (κ1) is 13.8. The van der Waals surface area contributed by atoms with Crippen molar-refractivity contribution in [2.24, 2.45) is 5.73 Å². The van der Waals surface area contributed by atoms with E-state index in [1.165, 1.54) is 0 Å². The van der Waals surface area contributed by atoms with Gasteiger partial charge < -0.3 is 15.2 Å². The molecule has 2 N–H and O–H groups in total. The van der Waals surface area contributed by atoms with Crippen LogP contribution in [-0.4, -0.2) is 32.3 Å². The molecular formula is C17H17NO3. The number of ether oxygens (including phenoxy) is 2. The Bertz CT molecular complexity index is 685. The number of nitrogens with two attached hydrogens (primary N) is 1. The second-order valence-electron chi connectivity index (χ2n) is 4.90. The van der Waals surface area contributed by atoms with Crippen molar-refractivity contribution < 1.29 is 14.3 Å². The number of hydrogen-bond acceptors (Lipinski definition) is 3. The second kappa shape index (κ2) is 6.08. The number of carbonyl (C=O) groups excluding carboxylic acids is 1. The van der Waals surface area contributed by atoms with Gasteiger partial charge in [0.1, 0.15) is 0 Å². The third-order valence-corrected chi connectivity index (χ3v) is 3.54. The topological polar surface area (TPSA) is 61.6 Å². The van der Waals surface area contributed by atoms with E-state index in [4.69, 9.17) is 15.2 Å². The van der Waals surface area contributed by atoms with Gasteiger partial charge in [0.15, 0.2) is 0 Å². The van der Waals surface area contributed by atoms with Gasteiger partial charge in [0.05, 0.1) is 26.4 Å². The maximum Gasteiger partial charge on any atom is 0.249 e. The van der Waals surface area contributed by atoms with Gasteiger partial charge in [0.25, 0.3) is 0 Å². The van der Waals surface area contributed by atoms with Crippen LogP contribution in [0, 0.1) is 0 Å². The standard InChI is InChI=1S/C13H9NO.C4H8O2/c14-13(15)11-7-9-5-1-3-8-4-2-6-10(11)12(8)9;1-2-6-4-3-5-1/h1-7H,(H2,14,15);1-4H2. The molecule has 0 saturated carbocycles. The highest BCUT2D eigenvalue weighted by Crippen LogP contribution is 2.35. The SMILES string of the molecule is C1COCCO1.NC(=O)C1=Cc2cccc3cccc1c23. The number of hydrogen-bond donors (Lipinski definition) is 1. The highest BCUT2D eigenvalue weighted by atomic mass is 16.6. The van der Waals surface area contributed by atoms with Crippen molar-refractivity contribution in [3.05, 3.63) is 47.5 Å². The largest absolute Gasteiger partial charge is 0.377 e. The molecular weight excluding hydrogens is 266 g/mol. The van der Waals surface area contributed by atoms with Crippen LogP contribution in [0.1, 0.15) is 11.1 Å². The van der Waals surface area contributed by atoms with Crippen LogP contribution in [0.15, 0.2) is 36.4 Å². The van der Waals surface area contributed by atoms with Crippen LogP contribution < -0.4 is 5.73 Å². The molecule has 0 bridgehead atoms. The van der Waals surface area contributed by atoms with Gasteiger partial charge in [-0.15, -0.1) is 0 Å². The number of rotatable bonds is 1. The summed E-state index contributed by atoms with van der Waals surface area (Å²) in [5, 5.41) is 2.28. The lowest BCUT2D eigenvalue weighted by Gasteiger charge is -2.09. The average molecular weight is 283 g/mol. The zero-order chi connectivity index (χ0) is 14.7. The molecule has 0 aromatic heterocycles. The van der Waals surface area contributed by atoms with Crippen molar-refractivity contribution in [3.63, 3.8) is 0 Å². The summed E-state index contributed by atoms with van der Waals surface area (Å²) in [4.78, 5) is 11.3. The van der Waals surface area contributed by atoms with Crippen molar-refractivity contribution in [2.75, 3.05) is 26.4 Å². The Morgan fingerprint density at radius 2 is 1.57 bits per heavy atom. The molecule has 1 amide bonds. The molecule has 2 aromatic carbocycles. The molecule has 0 radical (unpaired) electrons. The summed E-state index contributed by atoms with van der Waals surface area (Å²) in [6, 6.07) is 12.0. The third kappa shape index (κ3) is 2.82. The van der Waals surface area contributed by atoms with Gasteiger partial charge in [-0.2, -0.15) is 0 Å². The summed E-state index contributed by atoms with van der Waals surface area (Å²) in [5.41, 5.74) is 7.99. The molecule has 1 saturated heterocycles. The summed E-state index contributed by atoms with van der Waals surface area (Å²) in [5.74, 6) is -0.362. The lowest BCUT2D eigenvalue weighted by molar-refractivity contribution is -0.112. The van der Waals surface area contributed by atoms with E-state index in [0.29, 0.717) is 5.57 Å². The first-order valence-electron chi connectivity index (χ1n) is 6.96. The molecule has 0 unspecified atom stereocenters. The number of carbonyl (C=O) groups is 1. The van der Waals surface area contributed by atoms with Gasteiger partial charge >= 0.3 is 0 Å². The summed E-state index contributed by atoms with van der Waals surface area (Å²) >= 11 is 0. The molecule has 2 aromatic rings. The van der Waals surface area contributed by atoms with E-state index < -0.39 is 0 Å². The van der Waals surface area contributed by atoms with Crippen LogP contribution in [-0.2, 0) is 14.3 Å². The molecule has 1 aliphatic carbocycles. The summed E-state index contributed by atoms with van der Waals surface area (Å²) < 4.78 is 9.89. The van der Waals surface area contributed by atoms with Gasteiger partial charge in [0.2, 0.25) is 5.91 Å². The lowest BCUT2D eigenvalue weighted by atomic mass is 10.0. The monoisotopic (exact) mass is 283 g/mol. The predicted octanol–water partition coefficient (Wildman–Crippen LogP) is 2.21. The molecule has 108 valence electrons. The van der Waals surface area contributed by atoms with Crippen molar-refractivity contribution in [1.29, 1.82) is 0 Å². The van der Waals surface area contributed by atoms with E-state index in [0.717, 1.165) is 48.3 Å². The van der Waals surface area contributed by atoms with Gasteiger partial charge in [-0.1, -0.05) is 36.4 Å². The van der Waals surface area contributed by atoms with Crippen LogP contribution in [0.25, 0.3) is 22.4 Å². The van der Waals surface area contributed by atoms with Crippen LogP contribution in [0.4, 0.5) is 0 Å². The van der Waals surface area contributed by atoms with E-state index in [9.17, 15) is 4.79 Å². The fraction of sp³-hybridized carbons (Fsp3) is 0.235. The van der Waals surface area contributed by atoms with Gasteiger partial charge in [-0.25, -0.2) is 0 Å². The Hall–Kier alpha value is -2.17. The second-order valence-corrected chi connectivity index (χ2v) is 4.90.